The van der Waals surface area contributed by atoms with E-state index in [0.29, 0.717) is 17.2 Å². The van der Waals surface area contributed by atoms with Crippen LogP contribution in [0.1, 0.15) is 57.4 Å². The topological polar surface area (TPSA) is 60.7 Å². The summed E-state index contributed by atoms with van der Waals surface area (Å²) in [5.74, 6) is 1.01. The molecule has 0 saturated carbocycles. The molecule has 3 nitrogen and oxygen atoms in total. The average molecular weight is 409 g/mol. The van der Waals surface area contributed by atoms with Crippen molar-refractivity contribution >= 4 is 0 Å². The van der Waals surface area contributed by atoms with Crippen LogP contribution in [0.15, 0.2) is 84.9 Å². The van der Waals surface area contributed by atoms with Gasteiger partial charge in [-0.25, -0.2) is 0 Å². The summed E-state index contributed by atoms with van der Waals surface area (Å²) in [6.45, 7) is 2.25. The molecular formula is C27H36O3. The van der Waals surface area contributed by atoms with Crippen LogP contribution in [0, 0.1) is 0 Å². The quantitative estimate of drug-likeness (QED) is 0.339. The molecule has 0 unspecified atom stereocenters. The van der Waals surface area contributed by atoms with Gasteiger partial charge in [0.25, 0.3) is 0 Å². The van der Waals surface area contributed by atoms with Crippen LogP contribution < -0.4 is 0 Å². The molecule has 0 bridgehead atoms. The summed E-state index contributed by atoms with van der Waals surface area (Å²) in [4.78, 5) is 0. The van der Waals surface area contributed by atoms with E-state index in [1.165, 1.54) is 50.5 Å². The maximum absolute atomic E-state index is 9.15. The van der Waals surface area contributed by atoms with Gasteiger partial charge in [0.1, 0.15) is 17.2 Å². The predicted octanol–water partition coefficient (Wildman–Crippen LogP) is 7.47. The minimum atomic E-state index is 0.322. The SMILES string of the molecule is CCCCCCCCCc1ccc(O)cc1.Oc1ccccc1.Oc1ccccc1. The Bertz CT molecular complexity index is 703. The molecule has 0 aliphatic rings. The first-order valence-corrected chi connectivity index (χ1v) is 10.9. The van der Waals surface area contributed by atoms with Crippen LogP contribution in [0.5, 0.6) is 17.2 Å². The van der Waals surface area contributed by atoms with E-state index in [4.69, 9.17) is 15.3 Å². The number of hydrogen-bond donors (Lipinski definition) is 3. The molecule has 3 N–H and O–H groups in total. The predicted molar refractivity (Wildman–Crippen MR) is 126 cm³/mol. The molecular weight excluding hydrogens is 372 g/mol. The fourth-order valence-corrected chi connectivity index (χ4v) is 2.80. The second-order valence-corrected chi connectivity index (χ2v) is 7.21. The first kappa shape index (κ1) is 25.1. The fourth-order valence-electron chi connectivity index (χ4n) is 2.80. The van der Waals surface area contributed by atoms with Gasteiger partial charge in [-0.1, -0.05) is 94.0 Å². The van der Waals surface area contributed by atoms with Gasteiger partial charge in [-0.05, 0) is 54.8 Å². The lowest BCUT2D eigenvalue weighted by atomic mass is 10.0. The molecule has 0 spiro atoms. The van der Waals surface area contributed by atoms with Crippen LogP contribution >= 0.6 is 0 Å². The van der Waals surface area contributed by atoms with E-state index in [0.717, 1.165) is 6.42 Å². The number of hydrogen-bond acceptors (Lipinski definition) is 3. The zero-order valence-corrected chi connectivity index (χ0v) is 18.1. The molecule has 0 radical (unpaired) electrons. The van der Waals surface area contributed by atoms with E-state index in [1.807, 2.05) is 24.3 Å². The Morgan fingerprint density at radius 1 is 0.467 bits per heavy atom. The first-order valence-electron chi connectivity index (χ1n) is 10.9. The summed E-state index contributed by atoms with van der Waals surface area (Å²) >= 11 is 0. The number of aryl methyl sites for hydroxylation is 1. The lowest BCUT2D eigenvalue weighted by molar-refractivity contribution is 0.474. The summed E-state index contributed by atoms with van der Waals surface area (Å²) in [7, 11) is 0. The minimum absolute atomic E-state index is 0.322. The Labute approximate surface area is 181 Å². The van der Waals surface area contributed by atoms with E-state index in [-0.39, 0.29) is 0 Å². The molecule has 162 valence electrons. The lowest BCUT2D eigenvalue weighted by Gasteiger charge is -2.02. The molecule has 3 aromatic rings. The molecule has 3 rings (SSSR count). The largest absolute Gasteiger partial charge is 0.508 e. The molecule has 3 aromatic carbocycles. The molecule has 3 heteroatoms. The minimum Gasteiger partial charge on any atom is -0.508 e. The maximum Gasteiger partial charge on any atom is 0.115 e. The van der Waals surface area contributed by atoms with E-state index in [9.17, 15) is 0 Å². The van der Waals surface area contributed by atoms with Crippen molar-refractivity contribution in [3.8, 4) is 17.2 Å². The number of unbranched alkanes of at least 4 members (excludes halogenated alkanes) is 6. The van der Waals surface area contributed by atoms with E-state index >= 15 is 0 Å². The number of phenolic OH excluding ortho intramolecular Hbond substituents is 3. The number of rotatable bonds is 8. The van der Waals surface area contributed by atoms with Gasteiger partial charge in [0.05, 0.1) is 0 Å². The molecule has 0 aliphatic heterocycles. The Morgan fingerprint density at radius 3 is 1.27 bits per heavy atom. The van der Waals surface area contributed by atoms with Gasteiger partial charge in [-0.2, -0.15) is 0 Å². The number of aromatic hydroxyl groups is 3. The molecule has 0 fully saturated rings. The van der Waals surface area contributed by atoms with Crippen molar-refractivity contribution in [1.82, 2.24) is 0 Å². The Morgan fingerprint density at radius 2 is 0.867 bits per heavy atom. The normalized spacial score (nSPS) is 9.63. The molecule has 0 amide bonds. The Hall–Kier alpha value is -2.94. The van der Waals surface area contributed by atoms with Gasteiger partial charge in [0.15, 0.2) is 0 Å². The van der Waals surface area contributed by atoms with Gasteiger partial charge < -0.3 is 15.3 Å². The summed E-state index contributed by atoms with van der Waals surface area (Å²) in [5.41, 5.74) is 1.34. The third-order valence-electron chi connectivity index (χ3n) is 4.52. The van der Waals surface area contributed by atoms with Crippen molar-refractivity contribution in [1.29, 1.82) is 0 Å². The van der Waals surface area contributed by atoms with Gasteiger partial charge in [-0.15, -0.1) is 0 Å². The summed E-state index contributed by atoms with van der Waals surface area (Å²) in [5, 5.41) is 26.4. The maximum atomic E-state index is 9.15. The van der Waals surface area contributed by atoms with Crippen molar-refractivity contribution in [3.63, 3.8) is 0 Å². The molecule has 0 saturated heterocycles. The Kier molecular flexibility index (Phi) is 14.2. The van der Waals surface area contributed by atoms with Crippen molar-refractivity contribution < 1.29 is 15.3 Å². The van der Waals surface area contributed by atoms with Crippen LogP contribution in [0.2, 0.25) is 0 Å². The zero-order valence-electron chi connectivity index (χ0n) is 18.1. The standard InChI is InChI=1S/C15H24O.2C6H6O/c1-2-3-4-5-6-7-8-9-14-10-12-15(16)13-11-14;2*7-6-4-2-1-3-5-6/h10-13,16H,2-9H2,1H3;2*1-5,7H. The smallest absolute Gasteiger partial charge is 0.115 e. The number of para-hydroxylation sites is 2. The highest BCUT2D eigenvalue weighted by Gasteiger charge is 1.94. The van der Waals surface area contributed by atoms with Crippen molar-refractivity contribution in [2.45, 2.75) is 58.3 Å². The van der Waals surface area contributed by atoms with Gasteiger partial charge >= 0.3 is 0 Å². The van der Waals surface area contributed by atoms with E-state index < -0.39 is 0 Å². The van der Waals surface area contributed by atoms with Crippen molar-refractivity contribution in [2.75, 3.05) is 0 Å². The highest BCUT2D eigenvalue weighted by molar-refractivity contribution is 5.25. The highest BCUT2D eigenvalue weighted by atomic mass is 16.3. The first-order chi connectivity index (χ1) is 14.6. The zero-order chi connectivity index (χ0) is 21.9. The van der Waals surface area contributed by atoms with Crippen LogP contribution in [0.25, 0.3) is 0 Å². The monoisotopic (exact) mass is 408 g/mol. The number of benzene rings is 3. The van der Waals surface area contributed by atoms with Crippen LogP contribution in [0.4, 0.5) is 0 Å². The molecule has 0 aliphatic carbocycles. The summed E-state index contributed by atoms with van der Waals surface area (Å²) in [6.07, 6.45) is 10.6. The second kappa shape index (κ2) is 17.0. The van der Waals surface area contributed by atoms with E-state index in [1.54, 1.807) is 60.7 Å². The molecule has 0 heterocycles. The summed E-state index contributed by atoms with van der Waals surface area (Å²) in [6, 6.07) is 25.0. The molecule has 0 aromatic heterocycles. The van der Waals surface area contributed by atoms with Gasteiger partial charge in [0.2, 0.25) is 0 Å². The van der Waals surface area contributed by atoms with Gasteiger partial charge in [-0.3, -0.25) is 0 Å². The summed E-state index contributed by atoms with van der Waals surface area (Å²) < 4.78 is 0. The van der Waals surface area contributed by atoms with Crippen molar-refractivity contribution in [2.24, 2.45) is 0 Å². The van der Waals surface area contributed by atoms with E-state index in [2.05, 4.69) is 6.92 Å². The van der Waals surface area contributed by atoms with Crippen LogP contribution in [-0.4, -0.2) is 15.3 Å². The highest BCUT2D eigenvalue weighted by Crippen LogP contribution is 2.13. The third-order valence-corrected chi connectivity index (χ3v) is 4.52. The van der Waals surface area contributed by atoms with Crippen molar-refractivity contribution in [3.05, 3.63) is 90.5 Å². The molecule has 30 heavy (non-hydrogen) atoms. The van der Waals surface area contributed by atoms with Gasteiger partial charge in [0, 0.05) is 0 Å². The molecule has 0 atom stereocenters. The Balaban J connectivity index is 0.000000263. The second-order valence-electron chi connectivity index (χ2n) is 7.21. The average Bonchev–Trinajstić information content (AvgIpc) is 2.76. The van der Waals surface area contributed by atoms with Crippen LogP contribution in [0.3, 0.4) is 0 Å². The third kappa shape index (κ3) is 14.1. The number of phenols is 3. The fraction of sp³-hybridized carbons (Fsp3) is 0.333. The van der Waals surface area contributed by atoms with Crippen LogP contribution in [-0.2, 0) is 6.42 Å². The lowest BCUT2D eigenvalue weighted by Crippen LogP contribution is -1.85.